The molecule has 1 aliphatic carbocycles. The van der Waals surface area contributed by atoms with Crippen molar-refractivity contribution in [2.45, 2.75) is 37.0 Å². The molecule has 0 saturated carbocycles. The number of likely N-dealkylation sites (tertiary alicyclic amines) is 1. The summed E-state index contributed by atoms with van der Waals surface area (Å²) in [7, 11) is 2.12. The second-order valence-corrected chi connectivity index (χ2v) is 10.4. The zero-order valence-electron chi connectivity index (χ0n) is 18.3. The van der Waals surface area contributed by atoms with Gasteiger partial charge in [-0.05, 0) is 60.2 Å². The van der Waals surface area contributed by atoms with Gasteiger partial charge in [-0.3, -0.25) is 9.59 Å². The smallest absolute Gasteiger partial charge is 0.263 e. The van der Waals surface area contributed by atoms with Gasteiger partial charge in [0.1, 0.15) is 0 Å². The van der Waals surface area contributed by atoms with Gasteiger partial charge in [0.2, 0.25) is 5.91 Å². The van der Waals surface area contributed by atoms with Gasteiger partial charge in [0.15, 0.2) is 0 Å². The largest absolute Gasteiger partial charge is 0.340 e. The number of fused-ring (bicyclic) bond motifs is 2. The Kier molecular flexibility index (Phi) is 5.61. The standard InChI is InChI=1S/C25H31N3O2S/c1-26-12-14-27(15-13-26)23(29)17-19-18-25(21-6-3-2-5-20(19)21)8-10-28(11-9-25)24(30)22-7-4-16-31-22/h2-7,16,19H,8-15,17-18H2,1H3/t19-/m1/s1. The van der Waals surface area contributed by atoms with Crippen LogP contribution in [0.3, 0.4) is 0 Å². The van der Waals surface area contributed by atoms with E-state index in [1.807, 2.05) is 22.4 Å². The molecule has 1 spiro atoms. The van der Waals surface area contributed by atoms with Gasteiger partial charge in [0, 0.05) is 45.7 Å². The molecule has 0 N–H and O–H groups in total. The number of carbonyl (C=O) groups is 2. The maximum atomic E-state index is 13.1. The van der Waals surface area contributed by atoms with E-state index in [2.05, 4.69) is 41.1 Å². The first-order valence-corrected chi connectivity index (χ1v) is 12.3. The average molecular weight is 438 g/mol. The van der Waals surface area contributed by atoms with Crippen molar-refractivity contribution in [1.29, 1.82) is 0 Å². The molecule has 1 atom stereocenters. The average Bonchev–Trinajstić information content (AvgIpc) is 3.43. The summed E-state index contributed by atoms with van der Waals surface area (Å²) in [6.45, 7) is 5.20. The molecule has 3 aliphatic rings. The van der Waals surface area contributed by atoms with Crippen molar-refractivity contribution in [3.8, 4) is 0 Å². The van der Waals surface area contributed by atoms with Crippen molar-refractivity contribution in [3.05, 3.63) is 57.8 Å². The molecule has 2 fully saturated rings. The number of piperidine rings is 1. The number of piperazine rings is 1. The second kappa shape index (κ2) is 8.40. The Labute approximate surface area is 188 Å². The molecule has 0 radical (unpaired) electrons. The molecular weight excluding hydrogens is 406 g/mol. The van der Waals surface area contributed by atoms with Crippen LogP contribution in [-0.2, 0) is 10.2 Å². The monoisotopic (exact) mass is 437 g/mol. The lowest BCUT2D eigenvalue weighted by Crippen LogP contribution is -2.47. The number of benzene rings is 1. The van der Waals surface area contributed by atoms with E-state index in [0.717, 1.165) is 63.4 Å². The first kappa shape index (κ1) is 20.7. The number of rotatable bonds is 3. The van der Waals surface area contributed by atoms with Crippen LogP contribution >= 0.6 is 11.3 Å². The summed E-state index contributed by atoms with van der Waals surface area (Å²) in [5.74, 6) is 0.760. The summed E-state index contributed by atoms with van der Waals surface area (Å²) in [6.07, 6.45) is 3.62. The summed E-state index contributed by atoms with van der Waals surface area (Å²) < 4.78 is 0. The van der Waals surface area contributed by atoms with Crippen molar-refractivity contribution in [3.63, 3.8) is 0 Å². The van der Waals surface area contributed by atoms with E-state index >= 15 is 0 Å². The summed E-state index contributed by atoms with van der Waals surface area (Å²) in [6, 6.07) is 12.6. The minimum absolute atomic E-state index is 0.107. The predicted molar refractivity (Wildman–Crippen MR) is 124 cm³/mol. The fourth-order valence-corrected chi connectivity index (χ4v) is 6.46. The SMILES string of the molecule is CN1CCN(C(=O)C[C@@H]2CC3(CCN(C(=O)c4cccs4)CC3)c3ccccc32)CC1. The van der Waals surface area contributed by atoms with Gasteiger partial charge in [0.25, 0.3) is 5.91 Å². The van der Waals surface area contributed by atoms with Crippen LogP contribution < -0.4 is 0 Å². The molecule has 1 aromatic carbocycles. The zero-order valence-corrected chi connectivity index (χ0v) is 19.1. The minimum atomic E-state index is 0.107. The molecule has 3 heterocycles. The maximum Gasteiger partial charge on any atom is 0.263 e. The highest BCUT2D eigenvalue weighted by Crippen LogP contribution is 2.52. The molecule has 1 aromatic heterocycles. The zero-order chi connectivity index (χ0) is 21.4. The van der Waals surface area contributed by atoms with E-state index in [1.54, 1.807) is 0 Å². The van der Waals surface area contributed by atoms with Crippen molar-refractivity contribution in [2.75, 3.05) is 46.3 Å². The molecular formula is C25H31N3O2S. The number of likely N-dealkylation sites (N-methyl/N-ethyl adjacent to an activating group) is 1. The first-order chi connectivity index (χ1) is 15.1. The molecule has 6 heteroatoms. The number of nitrogens with zero attached hydrogens (tertiary/aromatic N) is 3. The summed E-state index contributed by atoms with van der Waals surface area (Å²) in [5.41, 5.74) is 2.90. The number of carbonyl (C=O) groups excluding carboxylic acids is 2. The summed E-state index contributed by atoms with van der Waals surface area (Å²) in [5, 5.41) is 1.97. The fourth-order valence-electron chi connectivity index (χ4n) is 5.77. The van der Waals surface area contributed by atoms with E-state index in [4.69, 9.17) is 0 Å². The molecule has 2 aromatic rings. The highest BCUT2D eigenvalue weighted by atomic mass is 32.1. The molecule has 0 unspecified atom stereocenters. The van der Waals surface area contributed by atoms with Crippen LogP contribution in [0.15, 0.2) is 41.8 Å². The Morgan fingerprint density at radius 3 is 2.42 bits per heavy atom. The molecule has 31 heavy (non-hydrogen) atoms. The van der Waals surface area contributed by atoms with Crippen LogP contribution in [0.2, 0.25) is 0 Å². The number of thiophene rings is 1. The van der Waals surface area contributed by atoms with Crippen molar-refractivity contribution >= 4 is 23.2 Å². The predicted octanol–water partition coefficient (Wildman–Crippen LogP) is 3.57. The second-order valence-electron chi connectivity index (χ2n) is 9.43. The van der Waals surface area contributed by atoms with E-state index in [1.165, 1.54) is 22.5 Å². The quantitative estimate of drug-likeness (QED) is 0.737. The van der Waals surface area contributed by atoms with E-state index < -0.39 is 0 Å². The normalized spacial score (nSPS) is 23.2. The Balaban J connectivity index is 1.29. The third-order valence-electron chi connectivity index (χ3n) is 7.63. The highest BCUT2D eigenvalue weighted by molar-refractivity contribution is 7.12. The van der Waals surface area contributed by atoms with Crippen molar-refractivity contribution < 1.29 is 9.59 Å². The van der Waals surface area contributed by atoms with Crippen LogP contribution in [0.1, 0.15) is 52.4 Å². The van der Waals surface area contributed by atoms with Crippen molar-refractivity contribution in [2.24, 2.45) is 0 Å². The van der Waals surface area contributed by atoms with Gasteiger partial charge in [-0.2, -0.15) is 0 Å². The molecule has 5 nitrogen and oxygen atoms in total. The van der Waals surface area contributed by atoms with Gasteiger partial charge in [-0.15, -0.1) is 11.3 Å². The summed E-state index contributed by atoms with van der Waals surface area (Å²) in [4.78, 5) is 33.1. The lowest BCUT2D eigenvalue weighted by Gasteiger charge is -2.40. The maximum absolute atomic E-state index is 13.1. The topological polar surface area (TPSA) is 43.9 Å². The highest BCUT2D eigenvalue weighted by Gasteiger charge is 2.46. The third-order valence-corrected chi connectivity index (χ3v) is 8.48. The Bertz CT molecular complexity index is 941. The number of hydrogen-bond acceptors (Lipinski definition) is 4. The van der Waals surface area contributed by atoms with Crippen LogP contribution in [-0.4, -0.2) is 72.8 Å². The molecule has 0 bridgehead atoms. The fraction of sp³-hybridized carbons (Fsp3) is 0.520. The third kappa shape index (κ3) is 3.92. The Morgan fingerprint density at radius 2 is 1.71 bits per heavy atom. The van der Waals surface area contributed by atoms with Gasteiger partial charge < -0.3 is 14.7 Å². The molecule has 164 valence electrons. The lowest BCUT2D eigenvalue weighted by atomic mass is 9.73. The summed E-state index contributed by atoms with van der Waals surface area (Å²) >= 11 is 1.52. The van der Waals surface area contributed by atoms with Crippen LogP contribution in [0.4, 0.5) is 0 Å². The van der Waals surface area contributed by atoms with Crippen LogP contribution in [0.25, 0.3) is 0 Å². The Hall–Kier alpha value is -2.18. The number of hydrogen-bond donors (Lipinski definition) is 0. The van der Waals surface area contributed by atoms with E-state index in [-0.39, 0.29) is 11.3 Å². The number of amides is 2. The van der Waals surface area contributed by atoms with Gasteiger partial charge in [-0.25, -0.2) is 0 Å². The van der Waals surface area contributed by atoms with Crippen LogP contribution in [0, 0.1) is 0 Å². The Morgan fingerprint density at radius 1 is 0.968 bits per heavy atom. The minimum Gasteiger partial charge on any atom is -0.340 e. The molecule has 5 rings (SSSR count). The van der Waals surface area contributed by atoms with Gasteiger partial charge >= 0.3 is 0 Å². The molecule has 2 saturated heterocycles. The van der Waals surface area contributed by atoms with E-state index in [9.17, 15) is 9.59 Å². The first-order valence-electron chi connectivity index (χ1n) is 11.4. The lowest BCUT2D eigenvalue weighted by molar-refractivity contribution is -0.133. The van der Waals surface area contributed by atoms with Crippen LogP contribution in [0.5, 0.6) is 0 Å². The van der Waals surface area contributed by atoms with Gasteiger partial charge in [-0.1, -0.05) is 30.3 Å². The van der Waals surface area contributed by atoms with Crippen molar-refractivity contribution in [1.82, 2.24) is 14.7 Å². The van der Waals surface area contributed by atoms with E-state index in [0.29, 0.717) is 18.2 Å². The molecule has 2 amide bonds. The molecule has 2 aliphatic heterocycles. The van der Waals surface area contributed by atoms with Gasteiger partial charge in [0.05, 0.1) is 4.88 Å².